The van der Waals surface area contributed by atoms with Crippen LogP contribution in [0.3, 0.4) is 0 Å². The van der Waals surface area contributed by atoms with E-state index in [4.69, 9.17) is 11.6 Å². The standard InChI is InChI=1S/C15H14ClN3O2S/c1-11-3-5-13(6-4-11)22(20,21)19-10-12(16)9-15(19)14-7-8-18(2)17-14/h3-10H,1-2H3. The average molecular weight is 336 g/mol. The largest absolute Gasteiger partial charge is 0.275 e. The number of aromatic nitrogens is 3. The Labute approximate surface area is 133 Å². The fourth-order valence-electron chi connectivity index (χ4n) is 2.17. The van der Waals surface area contributed by atoms with Crippen LogP contribution in [0.25, 0.3) is 11.4 Å². The van der Waals surface area contributed by atoms with Crippen LogP contribution in [0.15, 0.2) is 53.7 Å². The van der Waals surface area contributed by atoms with Crippen molar-refractivity contribution in [2.45, 2.75) is 11.8 Å². The van der Waals surface area contributed by atoms with Crippen LogP contribution in [0.2, 0.25) is 5.02 Å². The molecule has 0 aliphatic rings. The molecule has 0 N–H and O–H groups in total. The summed E-state index contributed by atoms with van der Waals surface area (Å²) in [6, 6.07) is 10.0. The normalized spacial score (nSPS) is 11.8. The molecule has 5 nitrogen and oxygen atoms in total. The first-order valence-electron chi connectivity index (χ1n) is 6.58. The summed E-state index contributed by atoms with van der Waals surface area (Å²) < 4.78 is 28.4. The second-order valence-electron chi connectivity index (χ2n) is 5.03. The van der Waals surface area contributed by atoms with Gasteiger partial charge in [0.15, 0.2) is 0 Å². The second-order valence-corrected chi connectivity index (χ2v) is 7.28. The first kappa shape index (κ1) is 14.9. The molecular weight excluding hydrogens is 322 g/mol. The highest BCUT2D eigenvalue weighted by molar-refractivity contribution is 7.90. The number of hydrogen-bond donors (Lipinski definition) is 0. The van der Waals surface area contributed by atoms with Crippen LogP contribution in [0.4, 0.5) is 0 Å². The number of aryl methyl sites for hydroxylation is 2. The Morgan fingerprint density at radius 3 is 2.41 bits per heavy atom. The van der Waals surface area contributed by atoms with E-state index >= 15 is 0 Å². The molecule has 2 heterocycles. The molecule has 0 amide bonds. The molecule has 7 heteroatoms. The minimum Gasteiger partial charge on any atom is -0.275 e. The molecule has 0 fully saturated rings. The van der Waals surface area contributed by atoms with Gasteiger partial charge in [-0.2, -0.15) is 5.10 Å². The molecule has 2 aromatic heterocycles. The summed E-state index contributed by atoms with van der Waals surface area (Å²) in [7, 11) is -1.95. The van der Waals surface area contributed by atoms with Crippen molar-refractivity contribution < 1.29 is 8.42 Å². The maximum atomic E-state index is 12.8. The third-order valence-corrected chi connectivity index (χ3v) is 5.20. The van der Waals surface area contributed by atoms with Gasteiger partial charge in [-0.15, -0.1) is 0 Å². The van der Waals surface area contributed by atoms with E-state index in [-0.39, 0.29) is 4.90 Å². The van der Waals surface area contributed by atoms with Gasteiger partial charge >= 0.3 is 0 Å². The Kier molecular flexibility index (Phi) is 3.58. The molecule has 3 aromatic rings. The quantitative estimate of drug-likeness (QED) is 0.739. The van der Waals surface area contributed by atoms with Crippen molar-refractivity contribution in [1.29, 1.82) is 0 Å². The lowest BCUT2D eigenvalue weighted by Crippen LogP contribution is -2.13. The Bertz CT molecular complexity index is 924. The van der Waals surface area contributed by atoms with Crippen LogP contribution in [-0.2, 0) is 17.1 Å². The number of hydrogen-bond acceptors (Lipinski definition) is 3. The van der Waals surface area contributed by atoms with Gasteiger partial charge in [0, 0.05) is 19.4 Å². The first-order valence-corrected chi connectivity index (χ1v) is 8.40. The molecule has 0 unspecified atom stereocenters. The summed E-state index contributed by atoms with van der Waals surface area (Å²) in [4.78, 5) is 0.211. The van der Waals surface area contributed by atoms with Crippen LogP contribution < -0.4 is 0 Å². The van der Waals surface area contributed by atoms with E-state index in [1.807, 2.05) is 6.92 Å². The minimum atomic E-state index is -3.72. The molecular formula is C15H14ClN3O2S. The van der Waals surface area contributed by atoms with E-state index in [2.05, 4.69) is 5.10 Å². The van der Waals surface area contributed by atoms with Gasteiger partial charge in [-0.25, -0.2) is 12.4 Å². The van der Waals surface area contributed by atoms with Crippen LogP contribution >= 0.6 is 11.6 Å². The Morgan fingerprint density at radius 1 is 1.14 bits per heavy atom. The summed E-state index contributed by atoms with van der Waals surface area (Å²) >= 11 is 6.02. The van der Waals surface area contributed by atoms with Crippen molar-refractivity contribution in [3.63, 3.8) is 0 Å². The van der Waals surface area contributed by atoms with Crippen molar-refractivity contribution in [2.24, 2.45) is 7.05 Å². The molecule has 0 atom stereocenters. The zero-order chi connectivity index (χ0) is 15.9. The number of benzene rings is 1. The lowest BCUT2D eigenvalue weighted by Gasteiger charge is -2.09. The van der Waals surface area contributed by atoms with E-state index < -0.39 is 10.0 Å². The highest BCUT2D eigenvalue weighted by atomic mass is 35.5. The van der Waals surface area contributed by atoms with Crippen molar-refractivity contribution in [2.75, 3.05) is 0 Å². The highest BCUT2D eigenvalue weighted by Gasteiger charge is 2.22. The average Bonchev–Trinajstić information content (AvgIpc) is 3.05. The molecule has 0 spiro atoms. The predicted octanol–water partition coefficient (Wildman–Crippen LogP) is 3.09. The van der Waals surface area contributed by atoms with Crippen LogP contribution in [0.5, 0.6) is 0 Å². The zero-order valence-corrected chi connectivity index (χ0v) is 13.6. The van der Waals surface area contributed by atoms with E-state index in [1.54, 1.807) is 54.3 Å². The van der Waals surface area contributed by atoms with Gasteiger partial charge in [-0.1, -0.05) is 29.3 Å². The van der Waals surface area contributed by atoms with Crippen molar-refractivity contribution >= 4 is 21.6 Å². The van der Waals surface area contributed by atoms with E-state index in [0.29, 0.717) is 16.4 Å². The minimum absolute atomic E-state index is 0.211. The van der Waals surface area contributed by atoms with Crippen LogP contribution in [0.1, 0.15) is 5.56 Å². The molecule has 0 bridgehead atoms. The van der Waals surface area contributed by atoms with E-state index in [1.165, 1.54) is 10.2 Å². The fraction of sp³-hybridized carbons (Fsp3) is 0.133. The smallest absolute Gasteiger partial charge is 0.268 e. The third-order valence-electron chi connectivity index (χ3n) is 3.31. The monoisotopic (exact) mass is 335 g/mol. The van der Waals surface area contributed by atoms with Gasteiger partial charge < -0.3 is 0 Å². The lowest BCUT2D eigenvalue weighted by molar-refractivity contribution is 0.588. The molecule has 0 radical (unpaired) electrons. The van der Waals surface area contributed by atoms with E-state index in [0.717, 1.165) is 5.56 Å². The lowest BCUT2D eigenvalue weighted by atomic mass is 10.2. The van der Waals surface area contributed by atoms with Gasteiger partial charge in [-0.05, 0) is 31.2 Å². The molecule has 0 aliphatic carbocycles. The van der Waals surface area contributed by atoms with Gasteiger partial charge in [0.1, 0.15) is 5.69 Å². The topological polar surface area (TPSA) is 56.9 Å². The van der Waals surface area contributed by atoms with Gasteiger partial charge in [-0.3, -0.25) is 4.68 Å². The number of nitrogens with zero attached hydrogens (tertiary/aromatic N) is 3. The summed E-state index contributed by atoms with van der Waals surface area (Å²) in [5.41, 5.74) is 1.98. The van der Waals surface area contributed by atoms with Gasteiger partial charge in [0.25, 0.3) is 10.0 Å². The van der Waals surface area contributed by atoms with E-state index in [9.17, 15) is 8.42 Å². The van der Waals surface area contributed by atoms with Crippen LogP contribution in [0, 0.1) is 6.92 Å². The molecule has 0 saturated heterocycles. The highest BCUT2D eigenvalue weighted by Crippen LogP contribution is 2.28. The summed E-state index contributed by atoms with van der Waals surface area (Å²) in [5.74, 6) is 0. The van der Waals surface area contributed by atoms with Gasteiger partial charge in [0.2, 0.25) is 0 Å². The molecule has 22 heavy (non-hydrogen) atoms. The predicted molar refractivity (Wildman–Crippen MR) is 85.4 cm³/mol. The SMILES string of the molecule is Cc1ccc(S(=O)(=O)n2cc(Cl)cc2-c2ccn(C)n2)cc1. The number of rotatable bonds is 3. The number of halogens is 1. The second kappa shape index (κ2) is 5.30. The maximum absolute atomic E-state index is 12.8. The Hall–Kier alpha value is -2.05. The van der Waals surface area contributed by atoms with Crippen LogP contribution in [-0.4, -0.2) is 22.2 Å². The van der Waals surface area contributed by atoms with Gasteiger partial charge in [0.05, 0.1) is 15.6 Å². The van der Waals surface area contributed by atoms with Crippen molar-refractivity contribution in [3.8, 4) is 11.4 Å². The first-order chi connectivity index (χ1) is 10.4. The fourth-order valence-corrected chi connectivity index (χ4v) is 3.80. The molecule has 1 aromatic carbocycles. The summed E-state index contributed by atoms with van der Waals surface area (Å²) in [6.07, 6.45) is 3.14. The zero-order valence-electron chi connectivity index (χ0n) is 12.1. The van der Waals surface area contributed by atoms with Crippen molar-refractivity contribution in [1.82, 2.24) is 13.8 Å². The maximum Gasteiger partial charge on any atom is 0.268 e. The Balaban J connectivity index is 2.17. The molecule has 3 rings (SSSR count). The third kappa shape index (κ3) is 2.55. The summed E-state index contributed by atoms with van der Waals surface area (Å²) in [5, 5.41) is 4.59. The summed E-state index contributed by atoms with van der Waals surface area (Å²) in [6.45, 7) is 1.91. The Morgan fingerprint density at radius 2 is 1.82 bits per heavy atom. The molecule has 0 aliphatic heterocycles. The molecule has 114 valence electrons. The van der Waals surface area contributed by atoms with Crippen molar-refractivity contribution in [3.05, 3.63) is 59.4 Å². The molecule has 0 saturated carbocycles.